The quantitative estimate of drug-likeness (QED) is 0.851. The minimum absolute atomic E-state index is 0.0338. The average Bonchev–Trinajstić information content (AvgIpc) is 2.76. The molecule has 0 radical (unpaired) electrons. The summed E-state index contributed by atoms with van der Waals surface area (Å²) in [6.07, 6.45) is 1.93. The zero-order chi connectivity index (χ0) is 20.2. The summed E-state index contributed by atoms with van der Waals surface area (Å²) in [5.41, 5.74) is 5.71. The summed E-state index contributed by atoms with van der Waals surface area (Å²) in [4.78, 5) is 17.4. The van der Waals surface area contributed by atoms with Crippen molar-refractivity contribution in [1.29, 1.82) is 0 Å². The van der Waals surface area contributed by atoms with Crippen molar-refractivity contribution in [2.24, 2.45) is 0 Å². The normalized spacial score (nSPS) is 16.6. The first kappa shape index (κ1) is 19.5. The smallest absolute Gasteiger partial charge is 0.250 e. The molecular weight excluding hydrogens is 362 g/mol. The van der Waals surface area contributed by atoms with E-state index in [2.05, 4.69) is 47.2 Å². The number of amides is 1. The number of ether oxygens (including phenoxy) is 1. The number of rotatable bonds is 5. The van der Waals surface area contributed by atoms with Gasteiger partial charge in [-0.2, -0.15) is 0 Å². The van der Waals surface area contributed by atoms with Crippen LogP contribution in [0.15, 0.2) is 48.0 Å². The largest absolute Gasteiger partial charge is 0.488 e. The van der Waals surface area contributed by atoms with Gasteiger partial charge in [0.15, 0.2) is 0 Å². The number of benzene rings is 2. The summed E-state index contributed by atoms with van der Waals surface area (Å²) in [5.74, 6) is 0.805. The summed E-state index contributed by atoms with van der Waals surface area (Å²) in [6.45, 7) is 10.3. The molecule has 5 heteroatoms. The highest BCUT2D eigenvalue weighted by Crippen LogP contribution is 2.26. The molecule has 0 atom stereocenters. The van der Waals surface area contributed by atoms with Crippen molar-refractivity contribution >= 4 is 17.7 Å². The van der Waals surface area contributed by atoms with Crippen molar-refractivity contribution < 1.29 is 9.53 Å². The average molecular weight is 392 g/mol. The number of hydrogen-bond donors (Lipinski definition) is 1. The van der Waals surface area contributed by atoms with Crippen LogP contribution < -0.4 is 15.0 Å². The molecule has 4 rings (SSSR count). The van der Waals surface area contributed by atoms with Crippen molar-refractivity contribution in [2.75, 3.05) is 50.8 Å². The van der Waals surface area contributed by atoms with Gasteiger partial charge in [-0.25, -0.2) is 0 Å². The standard InChI is InChI=1S/C24H29N3O2/c1-18-6-5-8-22(19(18)2)27-14-12-26(13-15-27)11-10-25-24(28)21-16-20-7-3-4-9-23(20)29-17-21/h3-9,16H,10-15,17H2,1-2H3,(H,25,28). The lowest BCUT2D eigenvalue weighted by Crippen LogP contribution is -2.48. The third-order valence-corrected chi connectivity index (χ3v) is 5.93. The predicted molar refractivity (Wildman–Crippen MR) is 117 cm³/mol. The van der Waals surface area contributed by atoms with Crippen LogP contribution in [0.4, 0.5) is 5.69 Å². The summed E-state index contributed by atoms with van der Waals surface area (Å²) >= 11 is 0. The summed E-state index contributed by atoms with van der Waals surface area (Å²) in [5, 5.41) is 3.05. The number of piperazine rings is 1. The fourth-order valence-electron chi connectivity index (χ4n) is 3.98. The van der Waals surface area contributed by atoms with Crippen LogP contribution in [0.1, 0.15) is 16.7 Å². The molecule has 5 nitrogen and oxygen atoms in total. The Labute approximate surface area is 173 Å². The van der Waals surface area contributed by atoms with Crippen molar-refractivity contribution in [3.8, 4) is 5.75 Å². The van der Waals surface area contributed by atoms with Gasteiger partial charge in [-0.05, 0) is 43.2 Å². The van der Waals surface area contributed by atoms with Gasteiger partial charge in [0.2, 0.25) is 0 Å². The van der Waals surface area contributed by atoms with Crippen LogP contribution in [0.2, 0.25) is 0 Å². The molecule has 29 heavy (non-hydrogen) atoms. The Kier molecular flexibility index (Phi) is 5.86. The first-order chi connectivity index (χ1) is 14.1. The van der Waals surface area contributed by atoms with Gasteiger partial charge in [-0.1, -0.05) is 30.3 Å². The van der Waals surface area contributed by atoms with Crippen LogP contribution in [0, 0.1) is 13.8 Å². The molecule has 0 unspecified atom stereocenters. The van der Waals surface area contributed by atoms with Crippen molar-refractivity contribution in [3.63, 3.8) is 0 Å². The fourth-order valence-corrected chi connectivity index (χ4v) is 3.98. The minimum Gasteiger partial charge on any atom is -0.488 e. The molecule has 1 saturated heterocycles. The molecule has 0 aliphatic carbocycles. The van der Waals surface area contributed by atoms with Crippen molar-refractivity contribution in [3.05, 3.63) is 64.7 Å². The second-order valence-electron chi connectivity index (χ2n) is 7.80. The Morgan fingerprint density at radius 1 is 1.03 bits per heavy atom. The highest BCUT2D eigenvalue weighted by Gasteiger charge is 2.20. The molecule has 0 saturated carbocycles. The first-order valence-electron chi connectivity index (χ1n) is 10.4. The van der Waals surface area contributed by atoms with E-state index in [1.54, 1.807) is 0 Å². The van der Waals surface area contributed by atoms with Gasteiger partial charge in [0, 0.05) is 50.5 Å². The van der Waals surface area contributed by atoms with Crippen LogP contribution in [0.3, 0.4) is 0 Å². The monoisotopic (exact) mass is 391 g/mol. The highest BCUT2D eigenvalue weighted by atomic mass is 16.5. The maximum atomic E-state index is 12.5. The highest BCUT2D eigenvalue weighted by molar-refractivity contribution is 5.99. The third kappa shape index (κ3) is 4.46. The molecule has 2 aliphatic rings. The molecule has 2 aliphatic heterocycles. The Bertz CT molecular complexity index is 914. The van der Waals surface area contributed by atoms with Crippen LogP contribution >= 0.6 is 0 Å². The number of nitrogens with zero attached hydrogens (tertiary/aromatic N) is 2. The van der Waals surface area contributed by atoms with Crippen molar-refractivity contribution in [2.45, 2.75) is 13.8 Å². The second kappa shape index (κ2) is 8.70. The van der Waals surface area contributed by atoms with E-state index in [-0.39, 0.29) is 5.91 Å². The molecule has 2 heterocycles. The van der Waals surface area contributed by atoms with E-state index in [9.17, 15) is 4.79 Å². The Balaban J connectivity index is 1.24. The minimum atomic E-state index is -0.0338. The SMILES string of the molecule is Cc1cccc(N2CCN(CCNC(=O)C3=Cc4ccccc4OC3)CC2)c1C. The third-order valence-electron chi connectivity index (χ3n) is 5.93. The number of carbonyl (C=O) groups is 1. The van der Waals surface area contributed by atoms with E-state index in [1.807, 2.05) is 30.3 Å². The van der Waals surface area contributed by atoms with Crippen LogP contribution in [-0.2, 0) is 4.79 Å². The number of para-hydroxylation sites is 1. The van der Waals surface area contributed by atoms with Crippen LogP contribution in [0.25, 0.3) is 6.08 Å². The molecule has 0 bridgehead atoms. The Morgan fingerprint density at radius 3 is 2.66 bits per heavy atom. The zero-order valence-electron chi connectivity index (χ0n) is 17.3. The second-order valence-corrected chi connectivity index (χ2v) is 7.80. The maximum absolute atomic E-state index is 12.5. The molecule has 152 valence electrons. The Hall–Kier alpha value is -2.79. The van der Waals surface area contributed by atoms with E-state index in [1.165, 1.54) is 16.8 Å². The van der Waals surface area contributed by atoms with E-state index >= 15 is 0 Å². The lowest BCUT2D eigenvalue weighted by Gasteiger charge is -2.37. The van der Waals surface area contributed by atoms with Crippen molar-refractivity contribution in [1.82, 2.24) is 10.2 Å². The summed E-state index contributed by atoms with van der Waals surface area (Å²) in [6, 6.07) is 14.3. The number of carbonyl (C=O) groups excluding carboxylic acids is 1. The lowest BCUT2D eigenvalue weighted by molar-refractivity contribution is -0.117. The summed E-state index contributed by atoms with van der Waals surface area (Å²) in [7, 11) is 0. The molecule has 1 N–H and O–H groups in total. The first-order valence-corrected chi connectivity index (χ1v) is 10.4. The van der Waals surface area contributed by atoms with Gasteiger partial charge in [0.1, 0.15) is 12.4 Å². The number of fused-ring (bicyclic) bond motifs is 1. The van der Waals surface area contributed by atoms with Crippen LogP contribution in [0.5, 0.6) is 5.75 Å². The molecule has 2 aromatic carbocycles. The lowest BCUT2D eigenvalue weighted by atomic mass is 10.1. The number of hydrogen-bond acceptors (Lipinski definition) is 4. The van der Waals surface area contributed by atoms with Gasteiger partial charge in [-0.15, -0.1) is 0 Å². The van der Waals surface area contributed by atoms with E-state index < -0.39 is 0 Å². The van der Waals surface area contributed by atoms with Gasteiger partial charge < -0.3 is 15.0 Å². The molecule has 1 fully saturated rings. The van der Waals surface area contributed by atoms with Gasteiger partial charge in [0.05, 0.1) is 5.57 Å². The topological polar surface area (TPSA) is 44.8 Å². The van der Waals surface area contributed by atoms with E-state index in [0.717, 1.165) is 44.0 Å². The maximum Gasteiger partial charge on any atom is 0.250 e. The number of anilines is 1. The van der Waals surface area contributed by atoms with Gasteiger partial charge >= 0.3 is 0 Å². The Morgan fingerprint density at radius 2 is 1.83 bits per heavy atom. The summed E-state index contributed by atoms with van der Waals surface area (Å²) < 4.78 is 5.68. The molecule has 0 aromatic heterocycles. The fraction of sp³-hybridized carbons (Fsp3) is 0.375. The molecule has 1 amide bonds. The number of aryl methyl sites for hydroxylation is 1. The van der Waals surface area contributed by atoms with Gasteiger partial charge in [0.25, 0.3) is 5.91 Å². The van der Waals surface area contributed by atoms with E-state index in [4.69, 9.17) is 4.74 Å². The zero-order valence-corrected chi connectivity index (χ0v) is 17.3. The van der Waals surface area contributed by atoms with E-state index in [0.29, 0.717) is 18.7 Å². The number of nitrogens with one attached hydrogen (secondary N) is 1. The van der Waals surface area contributed by atoms with Gasteiger partial charge in [-0.3, -0.25) is 9.69 Å². The molecule has 0 spiro atoms. The molecule has 2 aromatic rings. The van der Waals surface area contributed by atoms with Crippen LogP contribution in [-0.4, -0.2) is 56.7 Å². The molecular formula is C24H29N3O2. The predicted octanol–water partition coefficient (Wildman–Crippen LogP) is 3.02.